The number of phenolic OH excluding ortho intramolecular Hbond substituents is 2. The summed E-state index contributed by atoms with van der Waals surface area (Å²) in [5.74, 6) is 0.412. The van der Waals surface area contributed by atoms with E-state index in [0.29, 0.717) is 12.0 Å². The number of unbranched alkanes of at least 4 members (excludes halogenated alkanes) is 3. The molecule has 0 radical (unpaired) electrons. The van der Waals surface area contributed by atoms with Gasteiger partial charge in [-0.05, 0) is 57.6 Å². The Morgan fingerprint density at radius 2 is 1.34 bits per heavy atom. The maximum absolute atomic E-state index is 11.0. The van der Waals surface area contributed by atoms with Gasteiger partial charge in [0, 0.05) is 12.0 Å². The SMILES string of the molecule is CCCCCCc1ccc(O)c(Cc2c3ccccc3cc3ccccc23)c1O. The van der Waals surface area contributed by atoms with Gasteiger partial charge < -0.3 is 10.2 Å². The number of aromatic hydroxyl groups is 2. The lowest BCUT2D eigenvalue weighted by atomic mass is 9.90. The predicted molar refractivity (Wildman–Crippen MR) is 122 cm³/mol. The number of rotatable bonds is 7. The van der Waals surface area contributed by atoms with Gasteiger partial charge in [-0.25, -0.2) is 0 Å². The highest BCUT2D eigenvalue weighted by Gasteiger charge is 2.16. The normalized spacial score (nSPS) is 11.3. The molecule has 0 saturated heterocycles. The lowest BCUT2D eigenvalue weighted by Crippen LogP contribution is -1.97. The van der Waals surface area contributed by atoms with Crippen LogP contribution in [0.1, 0.15) is 49.3 Å². The van der Waals surface area contributed by atoms with E-state index in [4.69, 9.17) is 0 Å². The van der Waals surface area contributed by atoms with E-state index in [1.54, 1.807) is 6.07 Å². The molecule has 0 saturated carbocycles. The lowest BCUT2D eigenvalue weighted by Gasteiger charge is -2.15. The Balaban J connectivity index is 1.78. The average molecular weight is 385 g/mol. The van der Waals surface area contributed by atoms with Gasteiger partial charge in [-0.2, -0.15) is 0 Å². The highest BCUT2D eigenvalue weighted by Crippen LogP contribution is 2.37. The second-order valence-corrected chi connectivity index (χ2v) is 7.86. The molecule has 0 fully saturated rings. The van der Waals surface area contributed by atoms with Crippen molar-refractivity contribution in [2.45, 2.75) is 45.4 Å². The molecule has 4 rings (SSSR count). The summed E-state index contributed by atoms with van der Waals surface area (Å²) in [7, 11) is 0. The monoisotopic (exact) mass is 384 g/mol. The Morgan fingerprint density at radius 3 is 2.00 bits per heavy atom. The van der Waals surface area contributed by atoms with Crippen LogP contribution in [0, 0.1) is 0 Å². The van der Waals surface area contributed by atoms with Crippen molar-refractivity contribution in [2.75, 3.05) is 0 Å². The van der Waals surface area contributed by atoms with E-state index in [9.17, 15) is 10.2 Å². The minimum absolute atomic E-state index is 0.164. The molecule has 0 aliphatic carbocycles. The lowest BCUT2D eigenvalue weighted by molar-refractivity contribution is 0.435. The molecule has 0 bridgehead atoms. The van der Waals surface area contributed by atoms with E-state index in [-0.39, 0.29) is 11.5 Å². The van der Waals surface area contributed by atoms with Crippen molar-refractivity contribution in [1.29, 1.82) is 0 Å². The number of fused-ring (bicyclic) bond motifs is 2. The fourth-order valence-corrected chi connectivity index (χ4v) is 4.27. The highest BCUT2D eigenvalue weighted by molar-refractivity contribution is 6.02. The van der Waals surface area contributed by atoms with Crippen LogP contribution in [0.3, 0.4) is 0 Å². The van der Waals surface area contributed by atoms with Crippen LogP contribution in [0.2, 0.25) is 0 Å². The molecular formula is C27H28O2. The third-order valence-electron chi connectivity index (χ3n) is 5.88. The minimum atomic E-state index is 0.164. The maximum atomic E-state index is 11.0. The van der Waals surface area contributed by atoms with Gasteiger partial charge >= 0.3 is 0 Å². The molecule has 2 nitrogen and oxygen atoms in total. The molecule has 0 aliphatic rings. The standard InChI is InChI=1S/C27H28O2/c1-2-3-4-5-10-19-15-16-26(28)25(27(19)29)18-24-22-13-8-6-11-20(22)17-21-12-7-9-14-23(21)24/h6-9,11-17,28-29H,2-5,10,18H2,1H3. The number of phenols is 2. The van der Waals surface area contributed by atoms with Gasteiger partial charge in [0.15, 0.2) is 0 Å². The molecule has 0 atom stereocenters. The summed E-state index contributed by atoms with van der Waals surface area (Å²) in [6.45, 7) is 2.20. The summed E-state index contributed by atoms with van der Waals surface area (Å²) >= 11 is 0. The summed E-state index contributed by atoms with van der Waals surface area (Å²) in [5.41, 5.74) is 2.70. The summed E-state index contributed by atoms with van der Waals surface area (Å²) in [4.78, 5) is 0. The molecule has 2 heteroatoms. The summed E-state index contributed by atoms with van der Waals surface area (Å²) in [5, 5.41) is 26.2. The fourth-order valence-electron chi connectivity index (χ4n) is 4.27. The second-order valence-electron chi connectivity index (χ2n) is 7.86. The number of hydrogen-bond donors (Lipinski definition) is 2. The van der Waals surface area contributed by atoms with E-state index in [0.717, 1.165) is 24.0 Å². The molecule has 4 aromatic rings. The quantitative estimate of drug-likeness (QED) is 0.263. The van der Waals surface area contributed by atoms with Gasteiger partial charge in [0.05, 0.1) is 0 Å². The number of aryl methyl sites for hydroxylation is 1. The number of benzene rings is 4. The van der Waals surface area contributed by atoms with E-state index < -0.39 is 0 Å². The smallest absolute Gasteiger partial charge is 0.125 e. The summed E-state index contributed by atoms with van der Waals surface area (Å²) in [6, 6.07) is 22.5. The van der Waals surface area contributed by atoms with Gasteiger partial charge in [0.2, 0.25) is 0 Å². The zero-order valence-electron chi connectivity index (χ0n) is 17.0. The first-order valence-corrected chi connectivity index (χ1v) is 10.6. The molecule has 0 amide bonds. The zero-order valence-corrected chi connectivity index (χ0v) is 17.0. The molecule has 0 unspecified atom stereocenters. The Morgan fingerprint density at radius 1 is 0.690 bits per heavy atom. The van der Waals surface area contributed by atoms with E-state index in [1.807, 2.05) is 30.3 Å². The largest absolute Gasteiger partial charge is 0.508 e. The first-order valence-electron chi connectivity index (χ1n) is 10.6. The van der Waals surface area contributed by atoms with Crippen LogP contribution in [-0.2, 0) is 12.8 Å². The van der Waals surface area contributed by atoms with Crippen LogP contribution >= 0.6 is 0 Å². The molecule has 29 heavy (non-hydrogen) atoms. The van der Waals surface area contributed by atoms with Gasteiger partial charge in [0.25, 0.3) is 0 Å². The van der Waals surface area contributed by atoms with Crippen LogP contribution in [0.4, 0.5) is 0 Å². The van der Waals surface area contributed by atoms with Crippen LogP contribution in [-0.4, -0.2) is 10.2 Å². The third-order valence-corrected chi connectivity index (χ3v) is 5.88. The zero-order chi connectivity index (χ0) is 20.2. The van der Waals surface area contributed by atoms with Crippen molar-refractivity contribution in [2.24, 2.45) is 0 Å². The maximum Gasteiger partial charge on any atom is 0.125 e. The Bertz CT molecular complexity index is 1090. The van der Waals surface area contributed by atoms with E-state index in [1.165, 1.54) is 40.8 Å². The van der Waals surface area contributed by atoms with Crippen LogP contribution in [0.5, 0.6) is 11.5 Å². The first kappa shape index (κ1) is 19.3. The van der Waals surface area contributed by atoms with E-state index in [2.05, 4.69) is 37.3 Å². The average Bonchev–Trinajstić information content (AvgIpc) is 2.74. The second kappa shape index (κ2) is 8.57. The molecule has 2 N–H and O–H groups in total. The first-order chi connectivity index (χ1) is 14.2. The van der Waals surface area contributed by atoms with Crippen molar-refractivity contribution in [1.82, 2.24) is 0 Å². The highest BCUT2D eigenvalue weighted by atomic mass is 16.3. The Labute approximate surface area is 172 Å². The van der Waals surface area contributed by atoms with Crippen LogP contribution < -0.4 is 0 Å². The Hall–Kier alpha value is -3.00. The number of hydrogen-bond acceptors (Lipinski definition) is 2. The van der Waals surface area contributed by atoms with Crippen molar-refractivity contribution < 1.29 is 10.2 Å². The third kappa shape index (κ3) is 3.93. The van der Waals surface area contributed by atoms with Crippen molar-refractivity contribution >= 4 is 21.5 Å². The molecule has 0 aliphatic heterocycles. The van der Waals surface area contributed by atoms with Gasteiger partial charge in [0.1, 0.15) is 11.5 Å². The fraction of sp³-hybridized carbons (Fsp3) is 0.259. The summed E-state index contributed by atoms with van der Waals surface area (Å²) in [6.07, 6.45) is 5.98. The summed E-state index contributed by atoms with van der Waals surface area (Å²) < 4.78 is 0. The predicted octanol–water partition coefficient (Wildman–Crippen LogP) is 7.12. The van der Waals surface area contributed by atoms with Crippen molar-refractivity contribution in [3.05, 3.63) is 83.4 Å². The van der Waals surface area contributed by atoms with Gasteiger partial charge in [-0.3, -0.25) is 0 Å². The van der Waals surface area contributed by atoms with Crippen molar-refractivity contribution in [3.8, 4) is 11.5 Å². The Kier molecular flexibility index (Phi) is 5.71. The van der Waals surface area contributed by atoms with E-state index >= 15 is 0 Å². The van der Waals surface area contributed by atoms with Gasteiger partial charge in [-0.15, -0.1) is 0 Å². The minimum Gasteiger partial charge on any atom is -0.508 e. The topological polar surface area (TPSA) is 40.5 Å². The molecule has 0 aromatic heterocycles. The molecular weight excluding hydrogens is 356 g/mol. The molecule has 4 aromatic carbocycles. The van der Waals surface area contributed by atoms with Crippen LogP contribution in [0.15, 0.2) is 66.7 Å². The molecule has 0 spiro atoms. The molecule has 148 valence electrons. The molecule has 0 heterocycles. The van der Waals surface area contributed by atoms with Gasteiger partial charge in [-0.1, -0.05) is 80.8 Å². The van der Waals surface area contributed by atoms with Crippen molar-refractivity contribution in [3.63, 3.8) is 0 Å². The van der Waals surface area contributed by atoms with Crippen LogP contribution in [0.25, 0.3) is 21.5 Å².